The van der Waals surface area contributed by atoms with Gasteiger partial charge in [0.1, 0.15) is 0 Å². The number of carbonyl (C=O) groups excluding carboxylic acids is 1. The molecule has 2 rings (SSSR count). The largest absolute Gasteiger partial charge is 0.480 e. The number of nitrogens with one attached hydrogen (secondary N) is 1. The number of benzene rings is 1. The molecular weight excluding hydrogens is 232 g/mol. The number of hydrogen-bond donors (Lipinski definition) is 2. The van der Waals surface area contributed by atoms with Gasteiger partial charge < -0.3 is 10.4 Å². The third kappa shape index (κ3) is 3.56. The molecule has 0 aromatic heterocycles. The van der Waals surface area contributed by atoms with E-state index in [1.165, 1.54) is 0 Å². The van der Waals surface area contributed by atoms with Crippen molar-refractivity contribution in [2.45, 2.75) is 12.5 Å². The topological polar surface area (TPSA) is 69.6 Å². The Labute approximate surface area is 105 Å². The first kappa shape index (κ1) is 12.6. The van der Waals surface area contributed by atoms with Crippen LogP contribution in [0.3, 0.4) is 0 Å². The number of hydrogen-bond acceptors (Lipinski definition) is 3. The lowest BCUT2D eigenvalue weighted by Gasteiger charge is -2.32. The minimum atomic E-state index is -0.900. The molecule has 0 aliphatic carbocycles. The first-order chi connectivity index (χ1) is 8.63. The molecule has 1 aromatic rings. The molecule has 1 atom stereocenters. The van der Waals surface area contributed by atoms with E-state index < -0.39 is 5.97 Å². The molecule has 1 fully saturated rings. The fraction of sp³-hybridized carbons (Fsp3) is 0.385. The van der Waals surface area contributed by atoms with Gasteiger partial charge in [-0.05, 0) is 12.0 Å². The van der Waals surface area contributed by atoms with Crippen LogP contribution in [0.5, 0.6) is 0 Å². The van der Waals surface area contributed by atoms with E-state index in [1.807, 2.05) is 30.3 Å². The predicted octanol–water partition coefficient (Wildman–Crippen LogP) is 0.114. The Morgan fingerprint density at radius 2 is 2.11 bits per heavy atom. The first-order valence-corrected chi connectivity index (χ1v) is 5.91. The zero-order valence-electron chi connectivity index (χ0n) is 10.0. The summed E-state index contributed by atoms with van der Waals surface area (Å²) in [5.41, 5.74) is 1.14. The predicted molar refractivity (Wildman–Crippen MR) is 66.2 cm³/mol. The maximum absolute atomic E-state index is 11.5. The van der Waals surface area contributed by atoms with Crippen molar-refractivity contribution in [1.82, 2.24) is 10.2 Å². The Morgan fingerprint density at radius 3 is 2.78 bits per heavy atom. The van der Waals surface area contributed by atoms with Crippen LogP contribution in [-0.2, 0) is 16.0 Å². The van der Waals surface area contributed by atoms with Crippen molar-refractivity contribution in [2.75, 3.05) is 19.6 Å². The van der Waals surface area contributed by atoms with E-state index in [9.17, 15) is 9.59 Å². The molecule has 0 unspecified atom stereocenters. The zero-order chi connectivity index (χ0) is 13.0. The third-order valence-electron chi connectivity index (χ3n) is 2.89. The molecule has 0 saturated carbocycles. The fourth-order valence-corrected chi connectivity index (χ4v) is 2.22. The molecule has 2 N–H and O–H groups in total. The van der Waals surface area contributed by atoms with Gasteiger partial charge in [0.05, 0.1) is 13.1 Å². The van der Waals surface area contributed by atoms with Crippen LogP contribution in [0.1, 0.15) is 5.56 Å². The highest BCUT2D eigenvalue weighted by atomic mass is 16.4. The summed E-state index contributed by atoms with van der Waals surface area (Å²) >= 11 is 0. The molecular formula is C13H16N2O3. The Balaban J connectivity index is 1.96. The molecule has 1 amide bonds. The van der Waals surface area contributed by atoms with E-state index >= 15 is 0 Å². The average molecular weight is 248 g/mol. The van der Waals surface area contributed by atoms with E-state index in [0.717, 1.165) is 12.0 Å². The number of carboxylic acids is 1. The van der Waals surface area contributed by atoms with Gasteiger partial charge in [-0.3, -0.25) is 14.5 Å². The number of piperazine rings is 1. The molecule has 96 valence electrons. The Kier molecular flexibility index (Phi) is 3.94. The van der Waals surface area contributed by atoms with Gasteiger partial charge in [-0.1, -0.05) is 30.3 Å². The summed E-state index contributed by atoms with van der Waals surface area (Å²) in [4.78, 5) is 23.8. The molecule has 0 bridgehead atoms. The van der Waals surface area contributed by atoms with Crippen molar-refractivity contribution in [3.63, 3.8) is 0 Å². The summed E-state index contributed by atoms with van der Waals surface area (Å²) in [6, 6.07) is 9.84. The van der Waals surface area contributed by atoms with E-state index in [1.54, 1.807) is 4.90 Å². The molecule has 1 aliphatic rings. The van der Waals surface area contributed by atoms with Crippen LogP contribution < -0.4 is 5.32 Å². The Hall–Kier alpha value is -1.88. The minimum absolute atomic E-state index is 0.0204. The molecule has 5 nitrogen and oxygen atoms in total. The van der Waals surface area contributed by atoms with Gasteiger partial charge in [-0.15, -0.1) is 0 Å². The highest BCUT2D eigenvalue weighted by molar-refractivity contribution is 5.80. The normalized spacial score (nSPS) is 20.4. The maximum Gasteiger partial charge on any atom is 0.317 e. The molecule has 0 radical (unpaired) electrons. The van der Waals surface area contributed by atoms with Crippen molar-refractivity contribution >= 4 is 11.9 Å². The van der Waals surface area contributed by atoms with Gasteiger partial charge in [0.25, 0.3) is 0 Å². The lowest BCUT2D eigenvalue weighted by Crippen LogP contribution is -2.55. The average Bonchev–Trinajstić information content (AvgIpc) is 2.28. The van der Waals surface area contributed by atoms with Gasteiger partial charge >= 0.3 is 5.97 Å². The number of carboxylic acid groups (broad SMARTS) is 1. The van der Waals surface area contributed by atoms with Gasteiger partial charge in [0.2, 0.25) is 5.91 Å². The molecule has 1 heterocycles. The highest BCUT2D eigenvalue weighted by Gasteiger charge is 2.25. The lowest BCUT2D eigenvalue weighted by atomic mass is 10.0. The second kappa shape index (κ2) is 5.64. The maximum atomic E-state index is 11.5. The number of amides is 1. The van der Waals surface area contributed by atoms with Crippen molar-refractivity contribution in [3.8, 4) is 0 Å². The van der Waals surface area contributed by atoms with Crippen LogP contribution in [0.15, 0.2) is 30.3 Å². The third-order valence-corrected chi connectivity index (χ3v) is 2.89. The summed E-state index contributed by atoms with van der Waals surface area (Å²) in [5, 5.41) is 11.6. The molecule has 5 heteroatoms. The molecule has 1 saturated heterocycles. The molecule has 0 spiro atoms. The van der Waals surface area contributed by atoms with E-state index in [0.29, 0.717) is 6.54 Å². The number of aliphatic carboxylic acids is 1. The van der Waals surface area contributed by atoms with Crippen LogP contribution in [0.4, 0.5) is 0 Å². The Morgan fingerprint density at radius 1 is 1.39 bits per heavy atom. The van der Waals surface area contributed by atoms with Crippen molar-refractivity contribution < 1.29 is 14.7 Å². The first-order valence-electron chi connectivity index (χ1n) is 5.91. The van der Waals surface area contributed by atoms with Crippen LogP contribution in [0.25, 0.3) is 0 Å². The number of rotatable bonds is 4. The van der Waals surface area contributed by atoms with Crippen LogP contribution >= 0.6 is 0 Å². The highest BCUT2D eigenvalue weighted by Crippen LogP contribution is 2.07. The standard InChI is InChI=1S/C13H16N2O3/c16-12-8-15(9-13(17)18)7-11(14-12)6-10-4-2-1-3-5-10/h1-5,11H,6-9H2,(H,14,16)(H,17,18)/t11-/m0/s1. The van der Waals surface area contributed by atoms with E-state index in [4.69, 9.17) is 5.11 Å². The van der Waals surface area contributed by atoms with Crippen LogP contribution in [-0.4, -0.2) is 47.6 Å². The smallest absolute Gasteiger partial charge is 0.317 e. The summed E-state index contributed by atoms with van der Waals surface area (Å²) in [5.74, 6) is -1.01. The summed E-state index contributed by atoms with van der Waals surface area (Å²) in [6.07, 6.45) is 0.725. The van der Waals surface area contributed by atoms with Gasteiger partial charge in [-0.25, -0.2) is 0 Å². The summed E-state index contributed by atoms with van der Waals surface area (Å²) in [7, 11) is 0. The summed E-state index contributed by atoms with van der Waals surface area (Å²) in [6.45, 7) is 0.656. The minimum Gasteiger partial charge on any atom is -0.480 e. The fourth-order valence-electron chi connectivity index (χ4n) is 2.22. The van der Waals surface area contributed by atoms with Crippen molar-refractivity contribution in [3.05, 3.63) is 35.9 Å². The zero-order valence-corrected chi connectivity index (χ0v) is 10.0. The monoisotopic (exact) mass is 248 g/mol. The van der Waals surface area contributed by atoms with Gasteiger partial charge in [0.15, 0.2) is 0 Å². The number of nitrogens with zero attached hydrogens (tertiary/aromatic N) is 1. The molecule has 1 aliphatic heterocycles. The molecule has 18 heavy (non-hydrogen) atoms. The van der Waals surface area contributed by atoms with Gasteiger partial charge in [-0.2, -0.15) is 0 Å². The second-order valence-corrected chi connectivity index (χ2v) is 4.52. The lowest BCUT2D eigenvalue weighted by molar-refractivity contribution is -0.139. The Bertz CT molecular complexity index is 431. The quantitative estimate of drug-likeness (QED) is 0.793. The van der Waals surface area contributed by atoms with E-state index in [-0.39, 0.29) is 25.0 Å². The SMILES string of the molecule is O=C(O)CN1CC(=O)N[C@@H](Cc2ccccc2)C1. The second-order valence-electron chi connectivity index (χ2n) is 4.52. The van der Waals surface area contributed by atoms with Crippen molar-refractivity contribution in [2.24, 2.45) is 0 Å². The van der Waals surface area contributed by atoms with Crippen LogP contribution in [0.2, 0.25) is 0 Å². The summed E-state index contributed by atoms with van der Waals surface area (Å²) < 4.78 is 0. The van der Waals surface area contributed by atoms with Crippen LogP contribution in [0, 0.1) is 0 Å². The van der Waals surface area contributed by atoms with Gasteiger partial charge in [0, 0.05) is 12.6 Å². The molecule has 1 aromatic carbocycles. The number of carbonyl (C=O) groups is 2. The van der Waals surface area contributed by atoms with E-state index in [2.05, 4.69) is 5.32 Å². The van der Waals surface area contributed by atoms with Crippen molar-refractivity contribution in [1.29, 1.82) is 0 Å².